The predicted molar refractivity (Wildman–Crippen MR) is 222 cm³/mol. The van der Waals surface area contributed by atoms with Crippen LogP contribution >= 0.6 is 0 Å². The van der Waals surface area contributed by atoms with Crippen molar-refractivity contribution in [2.75, 3.05) is 0 Å². The van der Waals surface area contributed by atoms with Crippen molar-refractivity contribution in [1.82, 2.24) is 35.1 Å². The molecule has 4 aromatic rings. The molecule has 0 aliphatic rings. The number of hydrogen-bond donors (Lipinski definition) is 0. The maximum absolute atomic E-state index is 4.63. The molecule has 0 aliphatic heterocycles. The molecule has 0 amide bonds. The highest BCUT2D eigenvalue weighted by Crippen LogP contribution is 2.24. The van der Waals surface area contributed by atoms with Gasteiger partial charge < -0.3 is 0 Å². The molecule has 286 valence electrons. The summed E-state index contributed by atoms with van der Waals surface area (Å²) in [7, 11) is 0. The molecule has 0 N–H and O–H groups in total. The average molecular weight is 702 g/mol. The lowest BCUT2D eigenvalue weighted by Gasteiger charge is -2.15. The highest BCUT2D eigenvalue weighted by Gasteiger charge is 2.12. The van der Waals surface area contributed by atoms with Gasteiger partial charge in [-0.1, -0.05) is 70.2 Å². The Morgan fingerprint density at radius 1 is 0.275 bits per heavy atom. The first-order chi connectivity index (χ1) is 22.5. The van der Waals surface area contributed by atoms with E-state index in [2.05, 4.69) is 139 Å². The van der Waals surface area contributed by atoms with Gasteiger partial charge in [-0.05, 0) is 147 Å². The normalized spacial score (nSPS) is 10.5. The monoisotopic (exact) mass is 702 g/mol. The van der Waals surface area contributed by atoms with Gasteiger partial charge >= 0.3 is 0 Å². The van der Waals surface area contributed by atoms with E-state index in [0.717, 1.165) is 45.7 Å². The van der Waals surface area contributed by atoms with Crippen LogP contribution in [0.3, 0.4) is 0 Å². The van der Waals surface area contributed by atoms with Gasteiger partial charge in [-0.2, -0.15) is 10.2 Å². The van der Waals surface area contributed by atoms with E-state index in [1.165, 1.54) is 50.5 Å². The first kappa shape index (κ1) is 49.5. The molecule has 0 fully saturated rings. The van der Waals surface area contributed by atoms with Crippen LogP contribution < -0.4 is 0 Å². The zero-order valence-electron chi connectivity index (χ0n) is 34.9. The second-order valence-corrected chi connectivity index (χ2v) is 14.7. The average Bonchev–Trinajstić information content (AvgIpc) is 3.00. The Balaban J connectivity index is 0. The first-order valence-corrected chi connectivity index (χ1v) is 17.9. The van der Waals surface area contributed by atoms with Crippen LogP contribution in [0, 0.1) is 90.0 Å². The summed E-state index contributed by atoms with van der Waals surface area (Å²) in [6, 6.07) is 0. The second kappa shape index (κ2) is 21.7. The molecule has 0 atom stereocenters. The molecule has 0 aliphatic carbocycles. The smallest absolute Gasteiger partial charge is 0.125 e. The second-order valence-electron chi connectivity index (χ2n) is 14.7. The van der Waals surface area contributed by atoms with E-state index in [4.69, 9.17) is 0 Å². The molecule has 4 aromatic heterocycles. The van der Waals surface area contributed by atoms with E-state index >= 15 is 0 Å². The number of hydrogen-bond acceptors (Lipinski definition) is 7. The molecule has 51 heavy (non-hydrogen) atoms. The summed E-state index contributed by atoms with van der Waals surface area (Å²) in [5.41, 5.74) is 19.0. The van der Waals surface area contributed by atoms with Gasteiger partial charge in [0.2, 0.25) is 0 Å². The summed E-state index contributed by atoms with van der Waals surface area (Å²) in [6.07, 6.45) is 0. The molecule has 0 radical (unpaired) electrons. The summed E-state index contributed by atoms with van der Waals surface area (Å²) >= 11 is 0. The van der Waals surface area contributed by atoms with Crippen LogP contribution in [0.5, 0.6) is 0 Å². The molecule has 4 heterocycles. The number of aryl methyl sites for hydroxylation is 7. The van der Waals surface area contributed by atoms with Gasteiger partial charge in [-0.3, -0.25) is 15.0 Å². The Hall–Kier alpha value is -3.61. The summed E-state index contributed by atoms with van der Waals surface area (Å²) in [6.45, 7) is 44.2. The first-order valence-electron chi connectivity index (χ1n) is 17.9. The molecule has 0 saturated carbocycles. The minimum Gasteiger partial charge on any atom is -0.257 e. The lowest BCUT2D eigenvalue weighted by Crippen LogP contribution is -2.03. The fraction of sp³-hybridized carbons (Fsp3) is 0.614. The van der Waals surface area contributed by atoms with Crippen molar-refractivity contribution in [1.29, 1.82) is 0 Å². The van der Waals surface area contributed by atoms with Crippen LogP contribution in [0.4, 0.5) is 0 Å². The van der Waals surface area contributed by atoms with Crippen LogP contribution in [0.2, 0.25) is 0 Å². The molecule has 0 bridgehead atoms. The summed E-state index contributed by atoms with van der Waals surface area (Å²) < 4.78 is 0. The molecule has 0 unspecified atom stereocenters. The number of rotatable bonds is 4. The third-order valence-corrected chi connectivity index (χ3v) is 9.38. The molecular weight excluding hydrogens is 627 g/mol. The van der Waals surface area contributed by atoms with E-state index < -0.39 is 0 Å². The number of nitrogens with zero attached hydrogens (tertiary/aromatic N) is 7. The molecule has 0 saturated heterocycles. The van der Waals surface area contributed by atoms with Gasteiger partial charge in [0.15, 0.2) is 0 Å². The zero-order chi connectivity index (χ0) is 38.1. The van der Waals surface area contributed by atoms with E-state index in [0.29, 0.717) is 23.7 Å². The maximum Gasteiger partial charge on any atom is 0.125 e. The Labute approximate surface area is 314 Å². The van der Waals surface area contributed by atoms with E-state index in [1.807, 2.05) is 41.5 Å². The van der Waals surface area contributed by atoms with E-state index in [1.54, 1.807) is 0 Å². The molecule has 7 heteroatoms. The van der Waals surface area contributed by atoms with Crippen LogP contribution in [-0.4, -0.2) is 35.1 Å². The van der Waals surface area contributed by atoms with Crippen molar-refractivity contribution < 1.29 is 0 Å². The summed E-state index contributed by atoms with van der Waals surface area (Å²) in [5.74, 6) is 2.83. The lowest BCUT2D eigenvalue weighted by molar-refractivity contribution is 0.759. The van der Waals surface area contributed by atoms with Crippen molar-refractivity contribution in [3.8, 4) is 0 Å². The minimum absolute atomic E-state index is 0. The Bertz CT molecular complexity index is 1690. The van der Waals surface area contributed by atoms with Crippen LogP contribution in [-0.2, 0) is 0 Å². The topological polar surface area (TPSA) is 90.2 Å². The Morgan fingerprint density at radius 3 is 1.12 bits per heavy atom. The Morgan fingerprint density at radius 2 is 0.647 bits per heavy atom. The standard InChI is InChI=1S/C12H19N.3C10H16N2.2CH4/c1-7(2)12-10(5)8(3)9(4)11(6)13-12;1-6(2)10-9(5)11-7(3)8(4)12-10;1-6(2)10-7(3)8(4)11-9(5)12-10;1-6(2)10-8(4)7(3)9(5)11-12-10;;/h7H,1-6H3;3*6H,1-5H3;2*1H4. The van der Waals surface area contributed by atoms with Crippen molar-refractivity contribution in [2.24, 2.45) is 0 Å². The fourth-order valence-electron chi connectivity index (χ4n) is 5.58. The third-order valence-electron chi connectivity index (χ3n) is 9.38. The SMILES string of the molecule is C.C.Cc1nc(C(C)C)c(C)c(C)c1C.Cc1nc(C)c(C(C)C)nc1C.Cc1nc(C)c(C)c(C(C)C)n1.Cc1nnc(C(C)C)c(C)c1C. The fourth-order valence-corrected chi connectivity index (χ4v) is 5.58. The van der Waals surface area contributed by atoms with Crippen molar-refractivity contribution in [2.45, 2.75) is 184 Å². The van der Waals surface area contributed by atoms with Gasteiger partial charge in [0, 0.05) is 22.8 Å². The Kier molecular flexibility index (Phi) is 21.0. The van der Waals surface area contributed by atoms with Gasteiger partial charge in [-0.15, -0.1) is 0 Å². The van der Waals surface area contributed by atoms with Gasteiger partial charge in [-0.25, -0.2) is 9.97 Å². The van der Waals surface area contributed by atoms with Crippen LogP contribution in [0.25, 0.3) is 0 Å². The molecular formula is C44H75N7. The number of pyridine rings is 1. The molecule has 7 nitrogen and oxygen atoms in total. The predicted octanol–water partition coefficient (Wildman–Crippen LogP) is 12.3. The third kappa shape index (κ3) is 13.8. The van der Waals surface area contributed by atoms with Crippen LogP contribution in [0.15, 0.2) is 0 Å². The quantitative estimate of drug-likeness (QED) is 0.209. The highest BCUT2D eigenvalue weighted by atomic mass is 15.1. The van der Waals surface area contributed by atoms with Crippen LogP contribution in [0.1, 0.15) is 190 Å². The van der Waals surface area contributed by atoms with Gasteiger partial charge in [0.25, 0.3) is 0 Å². The molecule has 0 spiro atoms. The largest absolute Gasteiger partial charge is 0.257 e. The molecule has 0 aromatic carbocycles. The van der Waals surface area contributed by atoms with Gasteiger partial charge in [0.1, 0.15) is 5.82 Å². The molecule has 4 rings (SSSR count). The van der Waals surface area contributed by atoms with Crippen molar-refractivity contribution in [3.63, 3.8) is 0 Å². The van der Waals surface area contributed by atoms with E-state index in [-0.39, 0.29) is 14.9 Å². The van der Waals surface area contributed by atoms with Gasteiger partial charge in [0.05, 0.1) is 34.2 Å². The van der Waals surface area contributed by atoms with E-state index in [9.17, 15) is 0 Å². The summed E-state index contributed by atoms with van der Waals surface area (Å²) in [5, 5.41) is 8.30. The zero-order valence-corrected chi connectivity index (χ0v) is 34.9. The summed E-state index contributed by atoms with van der Waals surface area (Å²) in [4.78, 5) is 22.3. The number of aromatic nitrogens is 7. The lowest BCUT2D eigenvalue weighted by atomic mass is 9.97. The van der Waals surface area contributed by atoms with Crippen molar-refractivity contribution >= 4 is 0 Å². The maximum atomic E-state index is 4.63. The van der Waals surface area contributed by atoms with Crippen molar-refractivity contribution in [3.05, 3.63) is 96.1 Å². The highest BCUT2D eigenvalue weighted by molar-refractivity contribution is 5.38. The minimum atomic E-state index is 0.